The van der Waals surface area contributed by atoms with Crippen LogP contribution in [-0.4, -0.2) is 6.29 Å². The van der Waals surface area contributed by atoms with Crippen LogP contribution in [0, 0.1) is 0 Å². The molecule has 0 unspecified atom stereocenters. The summed E-state index contributed by atoms with van der Waals surface area (Å²) in [5.74, 6) is 0.365. The van der Waals surface area contributed by atoms with Crippen LogP contribution in [0.25, 0.3) is 0 Å². The van der Waals surface area contributed by atoms with Gasteiger partial charge in [0.15, 0.2) is 0 Å². The van der Waals surface area contributed by atoms with Crippen LogP contribution in [0.15, 0.2) is 18.2 Å². The molecule has 1 aromatic carbocycles. The van der Waals surface area contributed by atoms with E-state index in [-0.39, 0.29) is 5.41 Å². The fourth-order valence-corrected chi connectivity index (χ4v) is 1.60. The van der Waals surface area contributed by atoms with E-state index in [1.165, 1.54) is 5.56 Å². The average Bonchev–Trinajstić information content (AvgIpc) is 2.15. The molecule has 0 fully saturated rings. The lowest BCUT2D eigenvalue weighted by Gasteiger charge is -2.21. The molecule has 15 heavy (non-hydrogen) atoms. The van der Waals surface area contributed by atoms with E-state index in [2.05, 4.69) is 40.7 Å². The lowest BCUT2D eigenvalue weighted by atomic mass is 9.83. The van der Waals surface area contributed by atoms with Gasteiger partial charge >= 0.3 is 0 Å². The monoisotopic (exact) mass is 203 g/mol. The van der Waals surface area contributed by atoms with Crippen LogP contribution >= 0.6 is 0 Å². The van der Waals surface area contributed by atoms with Gasteiger partial charge in [0.05, 0.1) is 0 Å². The summed E-state index contributed by atoms with van der Waals surface area (Å²) in [6, 6.07) is 6.03. The number of rotatable bonds is 2. The van der Waals surface area contributed by atoms with Crippen LogP contribution in [-0.2, 0) is 10.2 Å². The Morgan fingerprint density at radius 1 is 1.20 bits per heavy atom. The van der Waals surface area contributed by atoms with Crippen LogP contribution in [0.1, 0.15) is 57.2 Å². The Morgan fingerprint density at radius 3 is 2.20 bits per heavy atom. The summed E-state index contributed by atoms with van der Waals surface area (Å²) in [4.78, 5) is 10.8. The first-order chi connectivity index (χ1) is 6.86. The Morgan fingerprint density at radius 2 is 1.80 bits per heavy atom. The molecular weight excluding hydrogens is 184 g/mol. The molecule has 81 valence electrons. The maximum Gasteiger partial charge on any atom is 0.233 e. The second kappa shape index (κ2) is 4.18. The molecule has 0 saturated carbocycles. The van der Waals surface area contributed by atoms with Gasteiger partial charge in [0.1, 0.15) is 0 Å². The van der Waals surface area contributed by atoms with Gasteiger partial charge in [0, 0.05) is 5.56 Å². The van der Waals surface area contributed by atoms with Crippen molar-refractivity contribution in [2.45, 2.75) is 46.0 Å². The number of hydrogen-bond acceptors (Lipinski definition) is 1. The second-order valence-electron chi connectivity index (χ2n) is 5.31. The van der Waals surface area contributed by atoms with Gasteiger partial charge in [-0.2, -0.15) is 0 Å². The van der Waals surface area contributed by atoms with Gasteiger partial charge in [-0.15, -0.1) is 0 Å². The molecule has 0 aliphatic carbocycles. The van der Waals surface area contributed by atoms with Crippen LogP contribution in [0.2, 0.25) is 0 Å². The molecule has 0 aliphatic heterocycles. The third-order valence-electron chi connectivity index (χ3n) is 2.65. The first kappa shape index (κ1) is 12.0. The maximum absolute atomic E-state index is 10.8. The Balaban J connectivity index is 3.28. The van der Waals surface area contributed by atoms with Crippen molar-refractivity contribution in [3.8, 4) is 0 Å². The lowest BCUT2D eigenvalue weighted by molar-refractivity contribution is 0.561. The third kappa shape index (κ3) is 2.68. The molecule has 0 atom stereocenters. The van der Waals surface area contributed by atoms with Crippen molar-refractivity contribution in [1.82, 2.24) is 0 Å². The van der Waals surface area contributed by atoms with E-state index in [0.29, 0.717) is 11.5 Å². The van der Waals surface area contributed by atoms with Gasteiger partial charge < -0.3 is 0 Å². The summed E-state index contributed by atoms with van der Waals surface area (Å²) in [6.07, 6.45) is 2.01. The number of benzene rings is 1. The Kier molecular flexibility index (Phi) is 3.33. The topological polar surface area (TPSA) is 17.1 Å². The Bertz CT molecular complexity index is 356. The first-order valence-corrected chi connectivity index (χ1v) is 5.39. The fraction of sp³-hybridized carbons (Fsp3) is 0.500. The summed E-state index contributed by atoms with van der Waals surface area (Å²) in [7, 11) is 0. The van der Waals surface area contributed by atoms with E-state index in [0.717, 1.165) is 5.56 Å². The quantitative estimate of drug-likeness (QED) is 0.718. The molecule has 1 nitrogen and oxygen atoms in total. The standard InChI is InChI=1S/C14H19O/c1-10(2)13-8-12(14(3,4)5)7-6-11(13)9-15/h6-8,10H,1-5H3. The molecule has 1 rings (SSSR count). The molecular formula is C14H19O. The highest BCUT2D eigenvalue weighted by molar-refractivity contribution is 5.78. The molecule has 0 aromatic heterocycles. The van der Waals surface area contributed by atoms with Crippen molar-refractivity contribution in [3.05, 3.63) is 34.9 Å². The van der Waals surface area contributed by atoms with Gasteiger partial charge in [-0.25, -0.2) is 0 Å². The van der Waals surface area contributed by atoms with Crippen molar-refractivity contribution < 1.29 is 4.79 Å². The van der Waals surface area contributed by atoms with Crippen molar-refractivity contribution in [3.63, 3.8) is 0 Å². The molecule has 1 heteroatoms. The number of hydrogen-bond donors (Lipinski definition) is 0. The van der Waals surface area contributed by atoms with E-state index in [1.54, 1.807) is 0 Å². The zero-order chi connectivity index (χ0) is 11.6. The largest absolute Gasteiger partial charge is 0.285 e. The van der Waals surface area contributed by atoms with E-state index < -0.39 is 0 Å². The van der Waals surface area contributed by atoms with Crippen LogP contribution in [0.5, 0.6) is 0 Å². The molecule has 0 aliphatic rings. The van der Waals surface area contributed by atoms with E-state index in [1.807, 2.05) is 18.4 Å². The minimum Gasteiger partial charge on any atom is -0.285 e. The lowest BCUT2D eigenvalue weighted by Crippen LogP contribution is -2.12. The van der Waals surface area contributed by atoms with Gasteiger partial charge in [-0.05, 0) is 22.5 Å². The molecule has 0 amide bonds. The molecule has 0 N–H and O–H groups in total. The molecule has 0 saturated heterocycles. The minimum absolute atomic E-state index is 0.130. The average molecular weight is 203 g/mol. The van der Waals surface area contributed by atoms with Crippen molar-refractivity contribution in [1.29, 1.82) is 0 Å². The fourth-order valence-electron chi connectivity index (χ4n) is 1.60. The zero-order valence-electron chi connectivity index (χ0n) is 10.2. The predicted molar refractivity (Wildman–Crippen MR) is 64.0 cm³/mol. The smallest absolute Gasteiger partial charge is 0.233 e. The summed E-state index contributed by atoms with van der Waals surface area (Å²) < 4.78 is 0. The molecule has 1 radical (unpaired) electrons. The van der Waals surface area contributed by atoms with E-state index in [9.17, 15) is 4.79 Å². The highest BCUT2D eigenvalue weighted by Gasteiger charge is 2.16. The normalized spacial score (nSPS) is 11.9. The summed E-state index contributed by atoms with van der Waals surface area (Å²) >= 11 is 0. The molecule has 0 bridgehead atoms. The maximum atomic E-state index is 10.8. The third-order valence-corrected chi connectivity index (χ3v) is 2.65. The molecule has 0 spiro atoms. The van der Waals surface area contributed by atoms with Gasteiger partial charge in [-0.1, -0.05) is 52.8 Å². The summed E-state index contributed by atoms with van der Waals surface area (Å²) in [5, 5.41) is 0. The van der Waals surface area contributed by atoms with Crippen LogP contribution in [0.3, 0.4) is 0 Å². The number of carbonyl (C=O) groups excluding carboxylic acids is 1. The molecule has 0 heterocycles. The minimum atomic E-state index is 0.130. The van der Waals surface area contributed by atoms with Crippen molar-refractivity contribution >= 4 is 6.29 Å². The SMILES string of the molecule is CC(C)c1cc(C(C)(C)C)ccc1[C]=O. The second-order valence-corrected chi connectivity index (χ2v) is 5.31. The van der Waals surface area contributed by atoms with Crippen LogP contribution in [0.4, 0.5) is 0 Å². The van der Waals surface area contributed by atoms with Crippen molar-refractivity contribution in [2.75, 3.05) is 0 Å². The zero-order valence-corrected chi connectivity index (χ0v) is 10.2. The highest BCUT2D eigenvalue weighted by atomic mass is 16.1. The first-order valence-electron chi connectivity index (χ1n) is 5.39. The Hall–Kier alpha value is -1.11. The predicted octanol–water partition coefficient (Wildman–Crippen LogP) is 3.57. The van der Waals surface area contributed by atoms with Gasteiger partial charge in [0.2, 0.25) is 6.29 Å². The summed E-state index contributed by atoms with van der Waals surface area (Å²) in [6.45, 7) is 10.7. The van der Waals surface area contributed by atoms with Crippen molar-refractivity contribution in [2.24, 2.45) is 0 Å². The van der Waals surface area contributed by atoms with Gasteiger partial charge in [0.25, 0.3) is 0 Å². The highest BCUT2D eigenvalue weighted by Crippen LogP contribution is 2.27. The van der Waals surface area contributed by atoms with E-state index in [4.69, 9.17) is 0 Å². The van der Waals surface area contributed by atoms with Crippen LogP contribution < -0.4 is 0 Å². The van der Waals surface area contributed by atoms with Gasteiger partial charge in [-0.3, -0.25) is 4.79 Å². The van der Waals surface area contributed by atoms with E-state index >= 15 is 0 Å². The Labute approximate surface area is 92.5 Å². The molecule has 1 aromatic rings. The summed E-state index contributed by atoms with van der Waals surface area (Å²) in [5.41, 5.74) is 3.19.